The van der Waals surface area contributed by atoms with E-state index in [1.165, 1.54) is 0 Å². The third-order valence-electron chi connectivity index (χ3n) is 2.79. The summed E-state index contributed by atoms with van der Waals surface area (Å²) in [6.45, 7) is 0.519. The molecule has 0 aliphatic carbocycles. The van der Waals surface area contributed by atoms with Gasteiger partial charge in [-0.1, -0.05) is 29.8 Å². The van der Waals surface area contributed by atoms with Crippen LogP contribution in [0.3, 0.4) is 0 Å². The van der Waals surface area contributed by atoms with E-state index >= 15 is 0 Å². The molecule has 3 rings (SSSR count). The zero-order valence-corrected chi connectivity index (χ0v) is 13.2. The standard InChI is InChI=1S/C14H11BrClN5/c15-10-6-13(14(16)18-7-10)17-8-11-9-19-21(20-11)12-4-2-1-3-5-12/h1-7,9,17H,8H2. The van der Waals surface area contributed by atoms with Crippen LogP contribution in [0.25, 0.3) is 5.69 Å². The first-order chi connectivity index (χ1) is 10.2. The molecule has 0 saturated carbocycles. The van der Waals surface area contributed by atoms with Gasteiger partial charge in [-0.25, -0.2) is 4.98 Å². The molecule has 1 aromatic carbocycles. The zero-order chi connectivity index (χ0) is 14.7. The fraction of sp³-hybridized carbons (Fsp3) is 0.0714. The van der Waals surface area contributed by atoms with Crippen molar-refractivity contribution >= 4 is 33.2 Å². The van der Waals surface area contributed by atoms with Gasteiger partial charge in [0.05, 0.1) is 24.1 Å². The van der Waals surface area contributed by atoms with Gasteiger partial charge in [0.1, 0.15) is 5.69 Å². The zero-order valence-electron chi connectivity index (χ0n) is 10.9. The lowest BCUT2D eigenvalue weighted by Gasteiger charge is -2.06. The highest BCUT2D eigenvalue weighted by molar-refractivity contribution is 9.10. The molecular weight excluding hydrogens is 354 g/mol. The van der Waals surface area contributed by atoms with Gasteiger partial charge >= 0.3 is 0 Å². The van der Waals surface area contributed by atoms with E-state index in [0.717, 1.165) is 21.5 Å². The van der Waals surface area contributed by atoms with Gasteiger partial charge in [-0.2, -0.15) is 15.0 Å². The molecule has 0 bridgehead atoms. The third-order valence-corrected chi connectivity index (χ3v) is 3.53. The van der Waals surface area contributed by atoms with E-state index in [-0.39, 0.29) is 0 Å². The highest BCUT2D eigenvalue weighted by Crippen LogP contribution is 2.23. The van der Waals surface area contributed by atoms with Crippen LogP contribution in [0.1, 0.15) is 5.69 Å². The van der Waals surface area contributed by atoms with Crippen molar-refractivity contribution < 1.29 is 0 Å². The summed E-state index contributed by atoms with van der Waals surface area (Å²) in [5.41, 5.74) is 2.49. The van der Waals surface area contributed by atoms with Crippen LogP contribution in [0, 0.1) is 0 Å². The Morgan fingerprint density at radius 2 is 2.00 bits per heavy atom. The van der Waals surface area contributed by atoms with Crippen LogP contribution in [0.4, 0.5) is 5.69 Å². The number of rotatable bonds is 4. The molecule has 0 atom stereocenters. The van der Waals surface area contributed by atoms with Crippen LogP contribution in [0.15, 0.2) is 53.3 Å². The molecule has 0 radical (unpaired) electrons. The summed E-state index contributed by atoms with van der Waals surface area (Å²) in [6, 6.07) is 11.6. The molecule has 1 N–H and O–H groups in total. The van der Waals surface area contributed by atoms with E-state index in [1.54, 1.807) is 17.2 Å². The minimum Gasteiger partial charge on any atom is -0.377 e. The minimum atomic E-state index is 0.425. The number of halogens is 2. The van der Waals surface area contributed by atoms with Crippen LogP contribution in [-0.4, -0.2) is 20.0 Å². The molecule has 0 unspecified atom stereocenters. The highest BCUT2D eigenvalue weighted by Gasteiger charge is 2.05. The number of para-hydroxylation sites is 1. The predicted octanol–water partition coefficient (Wildman–Crippen LogP) is 3.69. The Balaban J connectivity index is 1.72. The summed E-state index contributed by atoms with van der Waals surface area (Å²) < 4.78 is 0.863. The summed E-state index contributed by atoms with van der Waals surface area (Å²) in [5.74, 6) is 0. The molecular formula is C14H11BrClN5. The first kappa shape index (κ1) is 14.0. The smallest absolute Gasteiger partial charge is 0.152 e. The maximum Gasteiger partial charge on any atom is 0.152 e. The Kier molecular flexibility index (Phi) is 4.17. The van der Waals surface area contributed by atoms with Crippen LogP contribution >= 0.6 is 27.5 Å². The Morgan fingerprint density at radius 3 is 2.81 bits per heavy atom. The quantitative estimate of drug-likeness (QED) is 0.717. The summed E-state index contributed by atoms with van der Waals surface area (Å²) >= 11 is 9.39. The molecule has 21 heavy (non-hydrogen) atoms. The van der Waals surface area contributed by atoms with Crippen LogP contribution in [0.5, 0.6) is 0 Å². The molecule has 0 aliphatic heterocycles. The van der Waals surface area contributed by atoms with E-state index in [9.17, 15) is 0 Å². The summed E-state index contributed by atoms with van der Waals surface area (Å²) in [4.78, 5) is 5.65. The largest absolute Gasteiger partial charge is 0.377 e. The van der Waals surface area contributed by atoms with Gasteiger partial charge in [0.2, 0.25) is 0 Å². The van der Waals surface area contributed by atoms with Gasteiger partial charge in [0, 0.05) is 10.7 Å². The van der Waals surface area contributed by atoms with Crippen LogP contribution in [0.2, 0.25) is 5.15 Å². The number of nitrogens with zero attached hydrogens (tertiary/aromatic N) is 4. The van der Waals surface area contributed by atoms with Crippen molar-refractivity contribution in [3.8, 4) is 5.69 Å². The van der Waals surface area contributed by atoms with Crippen molar-refractivity contribution in [3.63, 3.8) is 0 Å². The van der Waals surface area contributed by atoms with Crippen molar-refractivity contribution in [3.05, 3.63) is 64.1 Å². The number of anilines is 1. The first-order valence-corrected chi connectivity index (χ1v) is 7.41. The Bertz CT molecular complexity index is 744. The predicted molar refractivity (Wildman–Crippen MR) is 85.6 cm³/mol. The fourth-order valence-corrected chi connectivity index (χ4v) is 2.30. The molecule has 0 amide bonds. The van der Waals surface area contributed by atoms with E-state index in [1.807, 2.05) is 36.4 Å². The number of hydrogen-bond acceptors (Lipinski definition) is 4. The highest BCUT2D eigenvalue weighted by atomic mass is 79.9. The Labute approximate surface area is 135 Å². The molecule has 0 spiro atoms. The number of hydrogen-bond donors (Lipinski definition) is 1. The Morgan fingerprint density at radius 1 is 1.19 bits per heavy atom. The monoisotopic (exact) mass is 363 g/mol. The summed E-state index contributed by atoms with van der Waals surface area (Å²) in [7, 11) is 0. The second kappa shape index (κ2) is 6.24. The molecule has 106 valence electrons. The SMILES string of the molecule is Clc1ncc(Br)cc1NCc1cnn(-c2ccccc2)n1. The lowest BCUT2D eigenvalue weighted by molar-refractivity contribution is 0.740. The second-order valence-electron chi connectivity index (χ2n) is 4.31. The Hall–Kier alpha value is -1.92. The normalized spacial score (nSPS) is 10.6. The van der Waals surface area contributed by atoms with Crippen LogP contribution in [-0.2, 0) is 6.54 Å². The van der Waals surface area contributed by atoms with Crippen LogP contribution < -0.4 is 5.32 Å². The summed E-state index contributed by atoms with van der Waals surface area (Å²) in [6.07, 6.45) is 3.37. The number of benzene rings is 1. The molecule has 0 saturated heterocycles. The van der Waals surface area contributed by atoms with Crippen molar-refractivity contribution in [1.29, 1.82) is 0 Å². The number of nitrogens with one attached hydrogen (secondary N) is 1. The van der Waals surface area contributed by atoms with E-state index < -0.39 is 0 Å². The van der Waals surface area contributed by atoms with Gasteiger partial charge in [-0.3, -0.25) is 0 Å². The van der Waals surface area contributed by atoms with Crippen molar-refractivity contribution in [2.45, 2.75) is 6.54 Å². The third kappa shape index (κ3) is 3.40. The van der Waals surface area contributed by atoms with Crippen molar-refractivity contribution in [2.24, 2.45) is 0 Å². The van der Waals surface area contributed by atoms with Crippen molar-refractivity contribution in [2.75, 3.05) is 5.32 Å². The van der Waals surface area contributed by atoms with Crippen molar-refractivity contribution in [1.82, 2.24) is 20.0 Å². The molecule has 0 aliphatic rings. The van der Waals surface area contributed by atoms with Gasteiger partial charge in [-0.15, -0.1) is 0 Å². The molecule has 5 nitrogen and oxygen atoms in total. The van der Waals surface area contributed by atoms with E-state index in [2.05, 4.69) is 36.4 Å². The average Bonchev–Trinajstić information content (AvgIpc) is 2.98. The van der Waals surface area contributed by atoms with Gasteiger partial charge in [0.25, 0.3) is 0 Å². The van der Waals surface area contributed by atoms with Gasteiger partial charge in [0.15, 0.2) is 5.15 Å². The molecule has 2 heterocycles. The number of pyridine rings is 1. The maximum absolute atomic E-state index is 6.03. The lowest BCUT2D eigenvalue weighted by atomic mass is 10.3. The van der Waals surface area contributed by atoms with Gasteiger partial charge < -0.3 is 5.32 Å². The number of aromatic nitrogens is 4. The average molecular weight is 365 g/mol. The fourth-order valence-electron chi connectivity index (χ4n) is 1.79. The molecule has 2 aromatic heterocycles. The van der Waals surface area contributed by atoms with Gasteiger partial charge in [-0.05, 0) is 34.1 Å². The van der Waals surface area contributed by atoms with E-state index in [0.29, 0.717) is 11.7 Å². The molecule has 7 heteroatoms. The minimum absolute atomic E-state index is 0.425. The van der Waals surface area contributed by atoms with E-state index in [4.69, 9.17) is 11.6 Å². The first-order valence-electron chi connectivity index (χ1n) is 6.24. The molecule has 0 fully saturated rings. The molecule has 3 aromatic rings. The topological polar surface area (TPSA) is 55.6 Å². The maximum atomic E-state index is 6.03. The summed E-state index contributed by atoms with van der Waals surface area (Å²) in [5, 5.41) is 12.3. The lowest BCUT2D eigenvalue weighted by Crippen LogP contribution is -2.03. The second-order valence-corrected chi connectivity index (χ2v) is 5.58.